The smallest absolute Gasteiger partial charge is 0.0847 e. The van der Waals surface area contributed by atoms with Crippen molar-refractivity contribution in [2.45, 2.75) is 6.10 Å². The fraction of sp³-hybridized carbons (Fsp3) is 0.250. The SMILES string of the molecule is OC(CCl)CNc1ccc(-n2cccn2)c(Cl)c1. The molecule has 0 saturated carbocycles. The van der Waals surface area contributed by atoms with Crippen LogP contribution < -0.4 is 5.32 Å². The number of rotatable bonds is 5. The minimum Gasteiger partial charge on any atom is -0.390 e. The Morgan fingerprint density at radius 3 is 2.89 bits per heavy atom. The van der Waals surface area contributed by atoms with Crippen molar-refractivity contribution in [2.24, 2.45) is 0 Å². The van der Waals surface area contributed by atoms with E-state index >= 15 is 0 Å². The Morgan fingerprint density at radius 1 is 1.44 bits per heavy atom. The molecule has 0 bridgehead atoms. The zero-order valence-electron chi connectivity index (χ0n) is 9.55. The van der Waals surface area contributed by atoms with Crippen molar-refractivity contribution in [1.29, 1.82) is 0 Å². The summed E-state index contributed by atoms with van der Waals surface area (Å²) in [5.41, 5.74) is 1.64. The largest absolute Gasteiger partial charge is 0.390 e. The van der Waals surface area contributed by atoms with Gasteiger partial charge in [0, 0.05) is 24.6 Å². The van der Waals surface area contributed by atoms with E-state index in [0.29, 0.717) is 11.6 Å². The van der Waals surface area contributed by atoms with E-state index in [1.54, 1.807) is 16.9 Å². The predicted octanol–water partition coefficient (Wildman–Crippen LogP) is 2.54. The van der Waals surface area contributed by atoms with Crippen LogP contribution in [0.5, 0.6) is 0 Å². The summed E-state index contributed by atoms with van der Waals surface area (Å²) in [7, 11) is 0. The van der Waals surface area contributed by atoms with Gasteiger partial charge in [0.05, 0.1) is 22.7 Å². The second-order valence-corrected chi connectivity index (χ2v) is 4.52. The van der Waals surface area contributed by atoms with Crippen molar-refractivity contribution in [2.75, 3.05) is 17.7 Å². The maximum atomic E-state index is 9.35. The van der Waals surface area contributed by atoms with E-state index in [-0.39, 0.29) is 5.88 Å². The molecule has 18 heavy (non-hydrogen) atoms. The van der Waals surface area contributed by atoms with Crippen molar-refractivity contribution in [3.05, 3.63) is 41.7 Å². The highest BCUT2D eigenvalue weighted by atomic mass is 35.5. The molecule has 1 aromatic carbocycles. The van der Waals surface area contributed by atoms with Crippen molar-refractivity contribution < 1.29 is 5.11 Å². The molecule has 4 nitrogen and oxygen atoms in total. The molecule has 0 spiro atoms. The Hall–Kier alpha value is -1.23. The first-order chi connectivity index (χ1) is 8.70. The van der Waals surface area contributed by atoms with Gasteiger partial charge in [0.15, 0.2) is 0 Å². The van der Waals surface area contributed by atoms with Crippen molar-refractivity contribution in [3.8, 4) is 5.69 Å². The summed E-state index contributed by atoms with van der Waals surface area (Å²) in [5.74, 6) is 0.200. The maximum Gasteiger partial charge on any atom is 0.0847 e. The van der Waals surface area contributed by atoms with Gasteiger partial charge in [-0.15, -0.1) is 11.6 Å². The number of benzene rings is 1. The fourth-order valence-corrected chi connectivity index (χ4v) is 1.88. The summed E-state index contributed by atoms with van der Waals surface area (Å²) in [6.45, 7) is 0.390. The van der Waals surface area contributed by atoms with E-state index < -0.39 is 6.10 Å². The Morgan fingerprint density at radius 2 is 2.28 bits per heavy atom. The molecular formula is C12H13Cl2N3O. The van der Waals surface area contributed by atoms with E-state index in [0.717, 1.165) is 11.4 Å². The van der Waals surface area contributed by atoms with Crippen LogP contribution in [-0.2, 0) is 0 Å². The first-order valence-electron chi connectivity index (χ1n) is 5.48. The number of halogens is 2. The Kier molecular flexibility index (Phi) is 4.47. The van der Waals surface area contributed by atoms with Crippen LogP contribution in [0, 0.1) is 0 Å². The molecule has 0 aliphatic carbocycles. The lowest BCUT2D eigenvalue weighted by Crippen LogP contribution is -2.20. The van der Waals surface area contributed by atoms with Gasteiger partial charge in [0.25, 0.3) is 0 Å². The minimum atomic E-state index is -0.573. The van der Waals surface area contributed by atoms with Crippen LogP contribution in [0.1, 0.15) is 0 Å². The summed E-state index contributed by atoms with van der Waals surface area (Å²) in [6.07, 6.45) is 2.95. The van der Waals surface area contributed by atoms with Crippen LogP contribution in [-0.4, -0.2) is 33.4 Å². The highest BCUT2D eigenvalue weighted by Gasteiger charge is 2.06. The lowest BCUT2D eigenvalue weighted by Gasteiger charge is -2.11. The molecule has 0 amide bonds. The van der Waals surface area contributed by atoms with Crippen LogP contribution in [0.15, 0.2) is 36.7 Å². The monoisotopic (exact) mass is 285 g/mol. The molecule has 2 N–H and O–H groups in total. The molecule has 2 aromatic rings. The van der Waals surface area contributed by atoms with Gasteiger partial charge in [-0.1, -0.05) is 11.6 Å². The quantitative estimate of drug-likeness (QED) is 0.830. The van der Waals surface area contributed by atoms with Gasteiger partial charge < -0.3 is 10.4 Å². The third-order valence-electron chi connectivity index (χ3n) is 2.42. The molecule has 0 aliphatic heterocycles. The summed E-state index contributed by atoms with van der Waals surface area (Å²) >= 11 is 11.7. The first-order valence-corrected chi connectivity index (χ1v) is 6.39. The van der Waals surface area contributed by atoms with Crippen LogP contribution in [0.2, 0.25) is 5.02 Å². The predicted molar refractivity (Wildman–Crippen MR) is 73.8 cm³/mol. The van der Waals surface area contributed by atoms with Crippen molar-refractivity contribution in [1.82, 2.24) is 9.78 Å². The third-order valence-corrected chi connectivity index (χ3v) is 3.08. The standard InChI is InChI=1S/C12H13Cl2N3O/c13-7-10(18)8-15-9-2-3-12(11(14)6-9)17-5-1-4-16-17/h1-6,10,15,18H,7-8H2. The van der Waals surface area contributed by atoms with E-state index in [2.05, 4.69) is 10.4 Å². The topological polar surface area (TPSA) is 50.1 Å². The molecule has 0 aliphatic rings. The number of nitrogens with zero attached hydrogens (tertiary/aromatic N) is 2. The number of anilines is 1. The molecule has 96 valence electrons. The number of aliphatic hydroxyl groups is 1. The van der Waals surface area contributed by atoms with Crippen LogP contribution in [0.4, 0.5) is 5.69 Å². The van der Waals surface area contributed by atoms with Crippen molar-refractivity contribution >= 4 is 28.9 Å². The van der Waals surface area contributed by atoms with Gasteiger partial charge in [0.2, 0.25) is 0 Å². The lowest BCUT2D eigenvalue weighted by atomic mass is 10.2. The van der Waals surface area contributed by atoms with Crippen LogP contribution in [0.3, 0.4) is 0 Å². The molecule has 1 heterocycles. The highest BCUT2D eigenvalue weighted by Crippen LogP contribution is 2.23. The van der Waals surface area contributed by atoms with Gasteiger partial charge in [0.1, 0.15) is 0 Å². The summed E-state index contributed by atoms with van der Waals surface area (Å²) in [5, 5.41) is 17.1. The molecule has 0 radical (unpaired) electrons. The zero-order chi connectivity index (χ0) is 13.0. The average molecular weight is 286 g/mol. The second-order valence-electron chi connectivity index (χ2n) is 3.81. The molecular weight excluding hydrogens is 273 g/mol. The fourth-order valence-electron chi connectivity index (χ4n) is 1.50. The zero-order valence-corrected chi connectivity index (χ0v) is 11.1. The van der Waals surface area contributed by atoms with Gasteiger partial charge in [-0.3, -0.25) is 0 Å². The lowest BCUT2D eigenvalue weighted by molar-refractivity contribution is 0.211. The number of alkyl halides is 1. The van der Waals surface area contributed by atoms with E-state index in [9.17, 15) is 5.11 Å². The summed E-state index contributed by atoms with van der Waals surface area (Å²) in [4.78, 5) is 0. The first kappa shape index (κ1) is 13.2. The molecule has 1 unspecified atom stereocenters. The normalized spacial score (nSPS) is 12.4. The maximum absolute atomic E-state index is 9.35. The molecule has 0 saturated heterocycles. The highest BCUT2D eigenvalue weighted by molar-refractivity contribution is 6.32. The number of aromatic nitrogens is 2. The van der Waals surface area contributed by atoms with Gasteiger partial charge >= 0.3 is 0 Å². The summed E-state index contributed by atoms with van der Waals surface area (Å²) < 4.78 is 1.69. The van der Waals surface area contributed by atoms with Crippen LogP contribution in [0.25, 0.3) is 5.69 Å². The molecule has 1 atom stereocenters. The number of nitrogens with one attached hydrogen (secondary N) is 1. The molecule has 2 rings (SSSR count). The third kappa shape index (κ3) is 3.16. The Balaban J connectivity index is 2.10. The number of hydrogen-bond acceptors (Lipinski definition) is 3. The van der Waals surface area contributed by atoms with Crippen LogP contribution >= 0.6 is 23.2 Å². The van der Waals surface area contributed by atoms with E-state index in [4.69, 9.17) is 23.2 Å². The second kappa shape index (κ2) is 6.09. The Labute approximate surface area is 115 Å². The minimum absolute atomic E-state index is 0.200. The molecule has 0 fully saturated rings. The van der Waals surface area contributed by atoms with Gasteiger partial charge in [-0.2, -0.15) is 5.10 Å². The molecule has 6 heteroatoms. The Bertz CT molecular complexity index is 502. The molecule has 1 aromatic heterocycles. The number of hydrogen-bond donors (Lipinski definition) is 2. The van der Waals surface area contributed by atoms with Gasteiger partial charge in [-0.05, 0) is 24.3 Å². The number of aliphatic hydroxyl groups excluding tert-OH is 1. The van der Waals surface area contributed by atoms with E-state index in [1.807, 2.05) is 24.4 Å². The van der Waals surface area contributed by atoms with Crippen molar-refractivity contribution in [3.63, 3.8) is 0 Å². The average Bonchev–Trinajstić information content (AvgIpc) is 2.89. The van der Waals surface area contributed by atoms with Gasteiger partial charge in [-0.25, -0.2) is 4.68 Å². The van der Waals surface area contributed by atoms with E-state index in [1.165, 1.54) is 0 Å². The summed E-state index contributed by atoms with van der Waals surface area (Å²) in [6, 6.07) is 7.37.